The number of fused-ring (bicyclic) bond motifs is 3. The zero-order chi connectivity index (χ0) is 19.8. The molecule has 3 heterocycles. The van der Waals surface area contributed by atoms with E-state index in [2.05, 4.69) is 16.6 Å². The number of aromatic nitrogens is 2. The predicted molar refractivity (Wildman–Crippen MR) is 109 cm³/mol. The molecule has 1 aliphatic rings. The van der Waals surface area contributed by atoms with Crippen molar-refractivity contribution in [3.8, 4) is 0 Å². The van der Waals surface area contributed by atoms with Gasteiger partial charge in [-0.2, -0.15) is 0 Å². The third kappa shape index (κ3) is 2.98. The number of benzene rings is 1. The van der Waals surface area contributed by atoms with E-state index >= 15 is 0 Å². The molecule has 0 aliphatic carbocycles. The first-order valence-electron chi connectivity index (χ1n) is 9.68. The third-order valence-electron chi connectivity index (χ3n) is 5.69. The normalized spacial score (nSPS) is 22.7. The van der Waals surface area contributed by atoms with E-state index in [0.717, 1.165) is 33.8 Å². The van der Waals surface area contributed by atoms with Gasteiger partial charge in [0.05, 0.1) is 29.4 Å². The molecule has 0 fully saturated rings. The predicted octanol–water partition coefficient (Wildman–Crippen LogP) is 3.57. The van der Waals surface area contributed by atoms with Gasteiger partial charge < -0.3 is 24.3 Å². The minimum absolute atomic E-state index is 0.291. The van der Waals surface area contributed by atoms with Gasteiger partial charge in [0, 0.05) is 25.6 Å². The second-order valence-corrected chi connectivity index (χ2v) is 7.23. The van der Waals surface area contributed by atoms with Crippen molar-refractivity contribution in [3.63, 3.8) is 0 Å². The van der Waals surface area contributed by atoms with Crippen molar-refractivity contribution >= 4 is 11.3 Å². The molecule has 6 heteroatoms. The Labute approximate surface area is 165 Å². The van der Waals surface area contributed by atoms with Crippen LogP contribution in [0, 0.1) is 13.8 Å². The Kier molecular flexibility index (Phi) is 5.10. The van der Waals surface area contributed by atoms with Crippen LogP contribution in [0.3, 0.4) is 0 Å². The van der Waals surface area contributed by atoms with Gasteiger partial charge in [-0.25, -0.2) is 4.98 Å². The number of imidazole rings is 1. The largest absolute Gasteiger partial charge is 0.390 e. The highest BCUT2D eigenvalue weighted by Gasteiger charge is 2.42. The van der Waals surface area contributed by atoms with E-state index in [1.54, 1.807) is 7.11 Å². The van der Waals surface area contributed by atoms with Crippen LogP contribution in [0.15, 0.2) is 42.6 Å². The summed E-state index contributed by atoms with van der Waals surface area (Å²) in [5, 5.41) is 14.9. The lowest BCUT2D eigenvalue weighted by Crippen LogP contribution is -2.43. The van der Waals surface area contributed by atoms with E-state index < -0.39 is 12.4 Å². The topological polar surface area (TPSA) is 68.0 Å². The van der Waals surface area contributed by atoms with Crippen molar-refractivity contribution < 1.29 is 14.6 Å². The molecular weight excluding hydrogens is 354 g/mol. The molecule has 0 radical (unpaired) electrons. The number of anilines is 1. The van der Waals surface area contributed by atoms with Gasteiger partial charge in [0.2, 0.25) is 0 Å². The maximum atomic E-state index is 11.3. The van der Waals surface area contributed by atoms with E-state index in [0.29, 0.717) is 6.61 Å². The highest BCUT2D eigenvalue weighted by atomic mass is 16.7. The zero-order valence-corrected chi connectivity index (χ0v) is 16.7. The SMILES string of the molecule is CCOC(OC)[C@@H]1c2ccn3c(C)c(C)nc3c2N[C@H](c2ccccc2)[C@@H]1O. The first kappa shape index (κ1) is 18.9. The fourth-order valence-electron chi connectivity index (χ4n) is 4.14. The summed E-state index contributed by atoms with van der Waals surface area (Å²) in [4.78, 5) is 4.78. The summed E-state index contributed by atoms with van der Waals surface area (Å²) in [5.74, 6) is -0.339. The molecule has 1 aliphatic heterocycles. The van der Waals surface area contributed by atoms with Crippen LogP contribution in [0.1, 0.15) is 41.4 Å². The monoisotopic (exact) mass is 381 g/mol. The first-order chi connectivity index (χ1) is 13.6. The van der Waals surface area contributed by atoms with Crippen molar-refractivity contribution in [2.75, 3.05) is 19.0 Å². The summed E-state index contributed by atoms with van der Waals surface area (Å²) in [6, 6.07) is 11.7. The van der Waals surface area contributed by atoms with Crippen LogP contribution in [-0.2, 0) is 9.47 Å². The summed E-state index contributed by atoms with van der Waals surface area (Å²) in [7, 11) is 1.62. The van der Waals surface area contributed by atoms with Crippen LogP contribution in [-0.4, -0.2) is 40.6 Å². The minimum Gasteiger partial charge on any atom is -0.390 e. The third-order valence-corrected chi connectivity index (χ3v) is 5.69. The van der Waals surface area contributed by atoms with E-state index in [-0.39, 0.29) is 12.0 Å². The second kappa shape index (κ2) is 7.54. The summed E-state index contributed by atoms with van der Waals surface area (Å²) in [6.45, 7) is 6.50. The molecule has 0 bridgehead atoms. The molecule has 1 aromatic carbocycles. The lowest BCUT2D eigenvalue weighted by atomic mass is 9.81. The Morgan fingerprint density at radius 1 is 1.21 bits per heavy atom. The standard InChI is InChI=1S/C22H27N3O3/c1-5-28-22(27-4)17-16-11-12-25-14(3)13(2)23-21(25)19(16)24-18(20(17)26)15-9-7-6-8-10-15/h6-12,17-18,20,22,24,26H,5H2,1-4H3/t17-,18-,20-,22?/m1/s1. The summed E-state index contributed by atoms with van der Waals surface area (Å²) in [6.07, 6.45) is 0.740. The van der Waals surface area contributed by atoms with Crippen LogP contribution in [0.4, 0.5) is 5.69 Å². The van der Waals surface area contributed by atoms with Crippen molar-refractivity contribution in [1.29, 1.82) is 0 Å². The lowest BCUT2D eigenvalue weighted by Gasteiger charge is -2.40. The summed E-state index contributed by atoms with van der Waals surface area (Å²) in [5.41, 5.74) is 5.84. The number of rotatable bonds is 5. The van der Waals surface area contributed by atoms with Crippen LogP contribution in [0.2, 0.25) is 0 Å². The first-order valence-corrected chi connectivity index (χ1v) is 9.68. The van der Waals surface area contributed by atoms with Gasteiger partial charge >= 0.3 is 0 Å². The molecule has 148 valence electrons. The summed E-state index contributed by atoms with van der Waals surface area (Å²) >= 11 is 0. The Morgan fingerprint density at radius 2 is 1.96 bits per heavy atom. The van der Waals surface area contributed by atoms with E-state index in [4.69, 9.17) is 14.5 Å². The van der Waals surface area contributed by atoms with Gasteiger partial charge in [0.25, 0.3) is 0 Å². The van der Waals surface area contributed by atoms with E-state index in [1.807, 2.05) is 56.4 Å². The fourth-order valence-corrected chi connectivity index (χ4v) is 4.14. The number of ether oxygens (including phenoxy) is 2. The van der Waals surface area contributed by atoms with Crippen molar-refractivity contribution in [2.45, 2.75) is 45.1 Å². The number of pyridine rings is 1. The molecule has 0 saturated carbocycles. The van der Waals surface area contributed by atoms with E-state index in [1.165, 1.54) is 0 Å². The minimum atomic E-state index is -0.717. The maximum Gasteiger partial charge on any atom is 0.166 e. The number of aliphatic hydroxyl groups is 1. The molecule has 6 nitrogen and oxygen atoms in total. The van der Waals surface area contributed by atoms with E-state index in [9.17, 15) is 5.11 Å². The molecule has 28 heavy (non-hydrogen) atoms. The van der Waals surface area contributed by atoms with Gasteiger partial charge in [-0.05, 0) is 38.0 Å². The zero-order valence-electron chi connectivity index (χ0n) is 16.7. The van der Waals surface area contributed by atoms with Crippen LogP contribution in [0.5, 0.6) is 0 Å². The molecule has 2 aromatic heterocycles. The number of nitrogens with zero attached hydrogens (tertiary/aromatic N) is 2. The van der Waals surface area contributed by atoms with Gasteiger partial charge in [-0.15, -0.1) is 0 Å². The Morgan fingerprint density at radius 3 is 2.64 bits per heavy atom. The van der Waals surface area contributed by atoms with Crippen LogP contribution in [0.25, 0.3) is 5.65 Å². The molecule has 3 aromatic rings. The van der Waals surface area contributed by atoms with Gasteiger partial charge in [-0.1, -0.05) is 30.3 Å². The van der Waals surface area contributed by atoms with Crippen LogP contribution < -0.4 is 5.32 Å². The Balaban J connectivity index is 1.91. The average molecular weight is 381 g/mol. The molecule has 0 saturated heterocycles. The second-order valence-electron chi connectivity index (χ2n) is 7.23. The molecular formula is C22H27N3O3. The number of methoxy groups -OCH3 is 1. The molecule has 2 N–H and O–H groups in total. The van der Waals surface area contributed by atoms with Crippen molar-refractivity contribution in [2.24, 2.45) is 0 Å². The number of aryl methyl sites for hydroxylation is 2. The summed E-state index contributed by atoms with van der Waals surface area (Å²) < 4.78 is 13.6. The number of hydrogen-bond acceptors (Lipinski definition) is 5. The van der Waals surface area contributed by atoms with Crippen molar-refractivity contribution in [3.05, 3.63) is 65.1 Å². The fraction of sp³-hybridized carbons (Fsp3) is 0.409. The number of aliphatic hydroxyl groups excluding tert-OH is 1. The molecule has 1 unspecified atom stereocenters. The number of nitrogens with one attached hydrogen (secondary N) is 1. The van der Waals surface area contributed by atoms with Crippen LogP contribution >= 0.6 is 0 Å². The molecule has 4 rings (SSSR count). The number of hydrogen-bond donors (Lipinski definition) is 2. The molecule has 4 atom stereocenters. The van der Waals surface area contributed by atoms with Gasteiger partial charge in [-0.3, -0.25) is 0 Å². The molecule has 0 spiro atoms. The molecule has 0 amide bonds. The quantitative estimate of drug-likeness (QED) is 0.662. The average Bonchev–Trinajstić information content (AvgIpc) is 3.01. The highest BCUT2D eigenvalue weighted by molar-refractivity contribution is 5.75. The lowest BCUT2D eigenvalue weighted by molar-refractivity contribution is -0.154. The Hall–Kier alpha value is -2.41. The van der Waals surface area contributed by atoms with Crippen molar-refractivity contribution in [1.82, 2.24) is 9.38 Å². The highest BCUT2D eigenvalue weighted by Crippen LogP contribution is 2.44. The maximum absolute atomic E-state index is 11.3. The van der Waals surface area contributed by atoms with Gasteiger partial charge in [0.15, 0.2) is 11.9 Å². The van der Waals surface area contributed by atoms with Gasteiger partial charge in [0.1, 0.15) is 0 Å². The Bertz CT molecular complexity index is 970. The smallest absolute Gasteiger partial charge is 0.166 e.